The highest BCUT2D eigenvalue weighted by molar-refractivity contribution is 5.93. The molecule has 34 heavy (non-hydrogen) atoms. The van der Waals surface area contributed by atoms with Gasteiger partial charge in [-0.3, -0.25) is 9.59 Å². The minimum atomic E-state index is -0.104. The van der Waals surface area contributed by atoms with Crippen molar-refractivity contribution >= 4 is 23.2 Å². The van der Waals surface area contributed by atoms with Gasteiger partial charge in [0.25, 0.3) is 0 Å². The average molecular weight is 464 g/mol. The molecule has 1 fully saturated rings. The van der Waals surface area contributed by atoms with Crippen molar-refractivity contribution < 1.29 is 9.59 Å². The molecule has 0 aliphatic heterocycles. The zero-order valence-corrected chi connectivity index (χ0v) is 21.7. The fourth-order valence-corrected chi connectivity index (χ4v) is 4.75. The van der Waals surface area contributed by atoms with Gasteiger partial charge >= 0.3 is 0 Å². The largest absolute Gasteiger partial charge is 0.377 e. The lowest BCUT2D eigenvalue weighted by Crippen LogP contribution is -2.35. The van der Waals surface area contributed by atoms with Gasteiger partial charge in [-0.25, -0.2) is 0 Å². The third-order valence-corrected chi connectivity index (χ3v) is 6.65. The van der Waals surface area contributed by atoms with Crippen molar-refractivity contribution in [1.82, 2.24) is 4.90 Å². The van der Waals surface area contributed by atoms with Crippen LogP contribution in [-0.2, 0) is 16.1 Å². The maximum atomic E-state index is 13.5. The Morgan fingerprint density at radius 2 is 1.68 bits per heavy atom. The molecule has 5 heteroatoms. The van der Waals surface area contributed by atoms with Gasteiger partial charge in [0.15, 0.2) is 0 Å². The Hall–Kier alpha value is -2.82. The van der Waals surface area contributed by atoms with Crippen LogP contribution in [0.5, 0.6) is 0 Å². The molecular weight excluding hydrogens is 422 g/mol. The minimum Gasteiger partial charge on any atom is -0.377 e. The highest BCUT2D eigenvalue weighted by Gasteiger charge is 2.27. The van der Waals surface area contributed by atoms with Gasteiger partial charge in [0, 0.05) is 44.4 Å². The second-order valence-corrected chi connectivity index (χ2v) is 11.1. The summed E-state index contributed by atoms with van der Waals surface area (Å²) in [5.41, 5.74) is 3.88. The number of nitrogens with zero attached hydrogens (tertiary/aromatic N) is 2. The Morgan fingerprint density at radius 3 is 2.26 bits per heavy atom. The van der Waals surface area contributed by atoms with Gasteiger partial charge in [-0.2, -0.15) is 0 Å². The third-order valence-electron chi connectivity index (χ3n) is 6.65. The fraction of sp³-hybridized carbons (Fsp3) is 0.517. The first kappa shape index (κ1) is 25.8. The Kier molecular flexibility index (Phi) is 8.40. The summed E-state index contributed by atoms with van der Waals surface area (Å²) in [6, 6.07) is 16.2. The van der Waals surface area contributed by atoms with Crippen LogP contribution in [0.15, 0.2) is 48.5 Å². The van der Waals surface area contributed by atoms with Gasteiger partial charge in [0.05, 0.1) is 6.04 Å². The minimum absolute atomic E-state index is 0.0669. The van der Waals surface area contributed by atoms with Crippen LogP contribution in [0.1, 0.15) is 77.0 Å². The molecule has 1 saturated carbocycles. The predicted molar refractivity (Wildman–Crippen MR) is 141 cm³/mol. The molecule has 2 aromatic carbocycles. The topological polar surface area (TPSA) is 52.7 Å². The second-order valence-electron chi connectivity index (χ2n) is 11.1. The number of amides is 2. The van der Waals surface area contributed by atoms with E-state index in [1.54, 1.807) is 0 Å². The summed E-state index contributed by atoms with van der Waals surface area (Å²) < 4.78 is 0. The van der Waals surface area contributed by atoms with Crippen LogP contribution >= 0.6 is 0 Å². The van der Waals surface area contributed by atoms with Gasteiger partial charge in [-0.05, 0) is 54.5 Å². The van der Waals surface area contributed by atoms with E-state index >= 15 is 0 Å². The number of rotatable bonds is 8. The average Bonchev–Trinajstić information content (AvgIpc) is 3.31. The van der Waals surface area contributed by atoms with E-state index in [0.29, 0.717) is 13.0 Å². The van der Waals surface area contributed by atoms with Crippen LogP contribution in [0, 0.1) is 11.3 Å². The molecule has 2 amide bonds. The van der Waals surface area contributed by atoms with Crippen LogP contribution in [0.4, 0.5) is 11.4 Å². The van der Waals surface area contributed by atoms with Crippen LogP contribution in [0.3, 0.4) is 0 Å². The first-order valence-electron chi connectivity index (χ1n) is 12.5. The summed E-state index contributed by atoms with van der Waals surface area (Å²) in [6.07, 6.45) is 4.67. The van der Waals surface area contributed by atoms with Gasteiger partial charge in [0.1, 0.15) is 0 Å². The molecule has 0 heterocycles. The summed E-state index contributed by atoms with van der Waals surface area (Å²) in [5.74, 6) is 0.355. The monoisotopic (exact) mass is 463 g/mol. The summed E-state index contributed by atoms with van der Waals surface area (Å²) in [4.78, 5) is 30.3. The summed E-state index contributed by atoms with van der Waals surface area (Å²) in [7, 11) is 4.02. The van der Waals surface area contributed by atoms with Gasteiger partial charge in [-0.15, -0.1) is 0 Å². The van der Waals surface area contributed by atoms with E-state index in [9.17, 15) is 9.59 Å². The molecule has 1 N–H and O–H groups in total. The summed E-state index contributed by atoms with van der Waals surface area (Å²) in [5, 5.41) is 3.13. The van der Waals surface area contributed by atoms with E-state index in [0.717, 1.165) is 48.2 Å². The fourth-order valence-electron chi connectivity index (χ4n) is 4.75. The first-order valence-corrected chi connectivity index (χ1v) is 12.5. The van der Waals surface area contributed by atoms with Gasteiger partial charge < -0.3 is 15.1 Å². The Morgan fingerprint density at radius 1 is 1.03 bits per heavy atom. The second kappa shape index (κ2) is 11.1. The molecule has 5 nitrogen and oxygen atoms in total. The molecular formula is C29H41N3O2. The smallest absolute Gasteiger partial charge is 0.227 e. The lowest BCUT2D eigenvalue weighted by atomic mass is 9.91. The molecule has 1 aliphatic rings. The number of carbonyl (C=O) groups is 2. The van der Waals surface area contributed by atoms with Crippen molar-refractivity contribution in [2.24, 2.45) is 11.3 Å². The molecule has 184 valence electrons. The van der Waals surface area contributed by atoms with Crippen molar-refractivity contribution in [3.63, 3.8) is 0 Å². The van der Waals surface area contributed by atoms with Gasteiger partial charge in [0.2, 0.25) is 11.8 Å². The van der Waals surface area contributed by atoms with Crippen LogP contribution < -0.4 is 10.2 Å². The Balaban J connectivity index is 1.92. The van der Waals surface area contributed by atoms with Crippen molar-refractivity contribution in [3.8, 4) is 0 Å². The molecule has 1 atom stereocenters. The highest BCUT2D eigenvalue weighted by Crippen LogP contribution is 2.32. The molecule has 3 rings (SSSR count). The van der Waals surface area contributed by atoms with Crippen molar-refractivity contribution in [3.05, 3.63) is 59.7 Å². The zero-order chi connectivity index (χ0) is 24.9. The van der Waals surface area contributed by atoms with Crippen LogP contribution in [0.25, 0.3) is 0 Å². The molecule has 2 aromatic rings. The standard InChI is InChI=1S/C29H41N3O2/c1-21(22-12-8-7-9-13-22)32(27(33)19-29(2,3)4)20-24-18-25(16-17-26(24)31(5)6)30-28(34)23-14-10-11-15-23/h7-9,12-13,16-18,21,23H,10-11,14-15,19-20H2,1-6H3,(H,30,34)/t21-/m0/s1. The summed E-state index contributed by atoms with van der Waals surface area (Å²) >= 11 is 0. The maximum absolute atomic E-state index is 13.5. The van der Waals surface area contributed by atoms with E-state index in [2.05, 4.69) is 50.0 Å². The normalized spacial score (nSPS) is 15.1. The quantitative estimate of drug-likeness (QED) is 0.492. The van der Waals surface area contributed by atoms with E-state index in [1.807, 2.05) is 55.4 Å². The van der Waals surface area contributed by atoms with E-state index < -0.39 is 0 Å². The Bertz CT molecular complexity index is 973. The SMILES string of the molecule is C[C@@H](c1ccccc1)N(Cc1cc(NC(=O)C2CCCC2)ccc1N(C)C)C(=O)CC(C)(C)C. The Labute approximate surface area is 205 Å². The van der Waals surface area contributed by atoms with Gasteiger partial charge in [-0.1, -0.05) is 63.9 Å². The number of hydrogen-bond donors (Lipinski definition) is 1. The summed E-state index contributed by atoms with van der Waals surface area (Å²) in [6.45, 7) is 8.87. The number of hydrogen-bond acceptors (Lipinski definition) is 3. The highest BCUT2D eigenvalue weighted by atomic mass is 16.2. The molecule has 0 saturated heterocycles. The van der Waals surface area contributed by atoms with E-state index in [-0.39, 0.29) is 29.2 Å². The van der Waals surface area contributed by atoms with Crippen LogP contribution in [0.2, 0.25) is 0 Å². The molecule has 0 unspecified atom stereocenters. The molecule has 0 aromatic heterocycles. The van der Waals surface area contributed by atoms with Crippen molar-refractivity contribution in [1.29, 1.82) is 0 Å². The molecule has 1 aliphatic carbocycles. The number of carbonyl (C=O) groups excluding carboxylic acids is 2. The number of benzene rings is 2. The molecule has 0 radical (unpaired) electrons. The molecule has 0 bridgehead atoms. The van der Waals surface area contributed by atoms with Crippen molar-refractivity contribution in [2.75, 3.05) is 24.3 Å². The predicted octanol–water partition coefficient (Wildman–Crippen LogP) is 6.41. The third kappa shape index (κ3) is 6.85. The number of nitrogens with one attached hydrogen (secondary N) is 1. The molecule has 0 spiro atoms. The van der Waals surface area contributed by atoms with E-state index in [4.69, 9.17) is 0 Å². The number of anilines is 2. The maximum Gasteiger partial charge on any atom is 0.227 e. The first-order chi connectivity index (χ1) is 16.0. The van der Waals surface area contributed by atoms with Crippen LogP contribution in [-0.4, -0.2) is 30.8 Å². The van der Waals surface area contributed by atoms with E-state index in [1.165, 1.54) is 0 Å². The lowest BCUT2D eigenvalue weighted by molar-refractivity contribution is -0.136. The lowest BCUT2D eigenvalue weighted by Gasteiger charge is -2.33. The zero-order valence-electron chi connectivity index (χ0n) is 21.7. The van der Waals surface area contributed by atoms with Crippen molar-refractivity contribution in [2.45, 2.75) is 72.4 Å².